The lowest BCUT2D eigenvalue weighted by atomic mass is 10.2. The van der Waals surface area contributed by atoms with Gasteiger partial charge in [0.05, 0.1) is 17.8 Å². The molecule has 0 bridgehead atoms. The molecule has 164 valence electrons. The lowest BCUT2D eigenvalue weighted by molar-refractivity contribution is -0.139. The molecule has 0 saturated heterocycles. The molecule has 2 aromatic rings. The second-order valence-electron chi connectivity index (χ2n) is 6.56. The summed E-state index contributed by atoms with van der Waals surface area (Å²) in [5.74, 6) is 1.12. The van der Waals surface area contributed by atoms with E-state index in [9.17, 15) is 13.2 Å². The summed E-state index contributed by atoms with van der Waals surface area (Å²) in [5.41, 5.74) is 0.887. The van der Waals surface area contributed by atoms with Crippen LogP contribution in [0.25, 0.3) is 0 Å². The summed E-state index contributed by atoms with van der Waals surface area (Å²) in [6.45, 7) is 2.90. The molecule has 2 rings (SSSR count). The Kier molecular flexibility index (Phi) is 9.48. The van der Waals surface area contributed by atoms with Gasteiger partial charge in [0.2, 0.25) is 0 Å². The van der Waals surface area contributed by atoms with Crippen molar-refractivity contribution in [1.29, 1.82) is 0 Å². The number of thioether (sulfide) groups is 1. The molecule has 0 aliphatic heterocycles. The van der Waals surface area contributed by atoms with Gasteiger partial charge in [-0.25, -0.2) is 13.2 Å². The average Bonchev–Trinajstić information content (AvgIpc) is 2.72. The van der Waals surface area contributed by atoms with Crippen LogP contribution in [0.1, 0.15) is 12.0 Å². The van der Waals surface area contributed by atoms with Crippen LogP contribution >= 0.6 is 11.8 Å². The number of methoxy groups -OCH3 is 1. The van der Waals surface area contributed by atoms with Crippen molar-refractivity contribution in [1.82, 2.24) is 5.32 Å². The topological polar surface area (TPSA) is 102 Å². The molecule has 0 aromatic heterocycles. The highest BCUT2D eigenvalue weighted by molar-refractivity contribution is 7.99. The molecule has 0 spiro atoms. The molecule has 0 radical (unpaired) electrons. The van der Waals surface area contributed by atoms with Crippen molar-refractivity contribution >= 4 is 27.6 Å². The summed E-state index contributed by atoms with van der Waals surface area (Å²) >= 11 is 1.67. The highest BCUT2D eigenvalue weighted by Gasteiger charge is 2.13. The van der Waals surface area contributed by atoms with Gasteiger partial charge in [0.25, 0.3) is 0 Å². The molecule has 0 aliphatic carbocycles. The predicted octanol–water partition coefficient (Wildman–Crippen LogP) is 3.01. The molecule has 0 amide bonds. The number of carboxylic acid groups (broad SMARTS) is 1. The fraction of sp³-hybridized carbons (Fsp3) is 0.381. The summed E-state index contributed by atoms with van der Waals surface area (Å²) in [5, 5.41) is 11.9. The average molecular weight is 454 g/mol. The van der Waals surface area contributed by atoms with Crippen LogP contribution in [-0.2, 0) is 14.6 Å². The third-order valence-electron chi connectivity index (χ3n) is 4.23. The van der Waals surface area contributed by atoms with E-state index in [1.807, 2.05) is 19.1 Å². The minimum absolute atomic E-state index is 0.0937. The zero-order valence-electron chi connectivity index (χ0n) is 17.1. The highest BCUT2D eigenvalue weighted by Crippen LogP contribution is 2.25. The van der Waals surface area contributed by atoms with E-state index >= 15 is 0 Å². The van der Waals surface area contributed by atoms with Gasteiger partial charge >= 0.3 is 5.97 Å². The van der Waals surface area contributed by atoms with E-state index < -0.39 is 15.8 Å². The first-order chi connectivity index (χ1) is 14.3. The van der Waals surface area contributed by atoms with Crippen LogP contribution in [0.15, 0.2) is 52.3 Å². The van der Waals surface area contributed by atoms with E-state index in [0.29, 0.717) is 29.4 Å². The number of ether oxygens (including phenoxy) is 2. The maximum absolute atomic E-state index is 12.3. The SMILES string of the molecule is COc1ccc(S(=O)(=O)CCCNCCSc2ccc(OCC(=O)O)c(C)c2)cc1. The Morgan fingerprint density at radius 3 is 2.50 bits per heavy atom. The van der Waals surface area contributed by atoms with Gasteiger partial charge in [-0.2, -0.15) is 0 Å². The number of benzene rings is 2. The molecule has 9 heteroatoms. The largest absolute Gasteiger partial charge is 0.497 e. The first kappa shape index (κ1) is 24.0. The zero-order chi connectivity index (χ0) is 22.0. The summed E-state index contributed by atoms with van der Waals surface area (Å²) in [6, 6.07) is 12.1. The van der Waals surface area contributed by atoms with Crippen LogP contribution in [0.4, 0.5) is 0 Å². The smallest absolute Gasteiger partial charge is 0.341 e. The van der Waals surface area contributed by atoms with Crippen LogP contribution in [0.2, 0.25) is 0 Å². The Balaban J connectivity index is 1.65. The molecule has 0 unspecified atom stereocenters. The van der Waals surface area contributed by atoms with Crippen molar-refractivity contribution < 1.29 is 27.8 Å². The van der Waals surface area contributed by atoms with E-state index in [0.717, 1.165) is 22.8 Å². The molecule has 0 heterocycles. The van der Waals surface area contributed by atoms with Crippen molar-refractivity contribution in [2.45, 2.75) is 23.1 Å². The van der Waals surface area contributed by atoms with Crippen molar-refractivity contribution in [2.24, 2.45) is 0 Å². The fourth-order valence-corrected chi connectivity index (χ4v) is 4.88. The number of aliphatic carboxylic acids is 1. The molecule has 0 aliphatic rings. The first-order valence-electron chi connectivity index (χ1n) is 9.47. The number of hydrogen-bond donors (Lipinski definition) is 2. The maximum atomic E-state index is 12.3. The van der Waals surface area contributed by atoms with Crippen molar-refractivity contribution in [3.8, 4) is 11.5 Å². The number of sulfone groups is 1. The summed E-state index contributed by atoms with van der Waals surface area (Å²) in [6.07, 6.45) is 0.535. The molecule has 0 atom stereocenters. The number of nitrogens with one attached hydrogen (secondary N) is 1. The Bertz CT molecular complexity index is 929. The van der Waals surface area contributed by atoms with E-state index in [-0.39, 0.29) is 12.4 Å². The normalized spacial score (nSPS) is 11.3. The summed E-state index contributed by atoms with van der Waals surface area (Å²) < 4.78 is 34.9. The van der Waals surface area contributed by atoms with Gasteiger partial charge in [-0.05, 0) is 67.9 Å². The molecule has 30 heavy (non-hydrogen) atoms. The molecule has 2 N–H and O–H groups in total. The summed E-state index contributed by atoms with van der Waals surface area (Å²) in [7, 11) is -1.75. The molecular weight excluding hydrogens is 426 g/mol. The van der Waals surface area contributed by atoms with E-state index in [4.69, 9.17) is 14.6 Å². The van der Waals surface area contributed by atoms with E-state index in [1.54, 1.807) is 49.2 Å². The van der Waals surface area contributed by atoms with E-state index in [2.05, 4.69) is 5.32 Å². The Labute approximate surface area is 181 Å². The lowest BCUT2D eigenvalue weighted by Crippen LogP contribution is -2.21. The van der Waals surface area contributed by atoms with Gasteiger partial charge in [0, 0.05) is 17.2 Å². The van der Waals surface area contributed by atoms with Gasteiger partial charge in [-0.15, -0.1) is 11.8 Å². The third kappa shape index (κ3) is 7.89. The van der Waals surface area contributed by atoms with Crippen LogP contribution in [0.3, 0.4) is 0 Å². The first-order valence-corrected chi connectivity index (χ1v) is 12.1. The van der Waals surface area contributed by atoms with Gasteiger partial charge < -0.3 is 19.9 Å². The molecule has 2 aromatic carbocycles. The van der Waals surface area contributed by atoms with Gasteiger partial charge in [-0.1, -0.05) is 0 Å². The highest BCUT2D eigenvalue weighted by atomic mass is 32.2. The maximum Gasteiger partial charge on any atom is 0.341 e. The number of carboxylic acids is 1. The predicted molar refractivity (Wildman–Crippen MR) is 118 cm³/mol. The standard InChI is InChI=1S/C21H27NO6S2/c1-16-14-18(6-9-20(16)28-15-21(23)24)29-12-11-22-10-3-13-30(25,26)19-7-4-17(27-2)5-8-19/h4-9,14,22H,3,10-13,15H2,1-2H3,(H,23,24). The van der Waals surface area contributed by atoms with Crippen molar-refractivity contribution in [2.75, 3.05) is 38.3 Å². The van der Waals surface area contributed by atoms with E-state index in [1.165, 1.54) is 0 Å². The van der Waals surface area contributed by atoms with Gasteiger partial charge in [0.15, 0.2) is 16.4 Å². The van der Waals surface area contributed by atoms with Crippen LogP contribution in [-0.4, -0.2) is 57.8 Å². The molecule has 7 nitrogen and oxygen atoms in total. The van der Waals surface area contributed by atoms with Gasteiger partial charge in [-0.3, -0.25) is 0 Å². The number of carbonyl (C=O) groups is 1. The van der Waals surface area contributed by atoms with Crippen molar-refractivity contribution in [3.05, 3.63) is 48.0 Å². The Morgan fingerprint density at radius 2 is 1.87 bits per heavy atom. The Morgan fingerprint density at radius 1 is 1.13 bits per heavy atom. The second-order valence-corrected chi connectivity index (χ2v) is 9.83. The summed E-state index contributed by atoms with van der Waals surface area (Å²) in [4.78, 5) is 12.0. The quantitative estimate of drug-likeness (QED) is 0.353. The molecular formula is C21H27NO6S2. The second kappa shape index (κ2) is 11.8. The fourth-order valence-electron chi connectivity index (χ4n) is 2.67. The minimum atomic E-state index is -3.29. The van der Waals surface area contributed by atoms with Crippen molar-refractivity contribution in [3.63, 3.8) is 0 Å². The lowest BCUT2D eigenvalue weighted by Gasteiger charge is -2.09. The zero-order valence-corrected chi connectivity index (χ0v) is 18.7. The monoisotopic (exact) mass is 453 g/mol. The van der Waals surface area contributed by atoms with Crippen LogP contribution in [0, 0.1) is 6.92 Å². The van der Waals surface area contributed by atoms with Gasteiger partial charge in [0.1, 0.15) is 11.5 Å². The molecule has 0 fully saturated rings. The minimum Gasteiger partial charge on any atom is -0.497 e. The van der Waals surface area contributed by atoms with Crippen LogP contribution < -0.4 is 14.8 Å². The third-order valence-corrected chi connectivity index (χ3v) is 7.04. The number of rotatable bonds is 13. The number of hydrogen-bond acceptors (Lipinski definition) is 7. The van der Waals surface area contributed by atoms with Crippen LogP contribution in [0.5, 0.6) is 11.5 Å². The Hall–Kier alpha value is -2.23. The number of aryl methyl sites for hydroxylation is 1. The molecule has 0 saturated carbocycles.